The van der Waals surface area contributed by atoms with Gasteiger partial charge in [0.2, 0.25) is 5.78 Å². The van der Waals surface area contributed by atoms with Gasteiger partial charge in [0.25, 0.3) is 5.91 Å². The van der Waals surface area contributed by atoms with Gasteiger partial charge in [-0.15, -0.1) is 0 Å². The number of amides is 1. The molecule has 0 aliphatic rings. The normalized spacial score (nSPS) is 11.1. The van der Waals surface area contributed by atoms with E-state index in [1.54, 1.807) is 30.7 Å². The summed E-state index contributed by atoms with van der Waals surface area (Å²) in [6.07, 6.45) is 6.62. The van der Waals surface area contributed by atoms with Crippen molar-refractivity contribution in [3.63, 3.8) is 0 Å². The highest BCUT2D eigenvalue weighted by Gasteiger charge is 2.20. The van der Waals surface area contributed by atoms with Crippen molar-refractivity contribution < 1.29 is 9.59 Å². The van der Waals surface area contributed by atoms with Crippen molar-refractivity contribution in [1.29, 1.82) is 0 Å². The fourth-order valence-corrected chi connectivity index (χ4v) is 3.50. The van der Waals surface area contributed by atoms with Gasteiger partial charge < -0.3 is 9.72 Å². The molecule has 2 N–H and O–H groups in total. The third-order valence-electron chi connectivity index (χ3n) is 5.18. The van der Waals surface area contributed by atoms with Crippen LogP contribution in [-0.2, 0) is 4.79 Å². The molecule has 0 saturated heterocycles. The molecule has 4 rings (SSSR count). The number of carbonyl (C=O) groups excluding carboxylic acids is 2. The van der Waals surface area contributed by atoms with Gasteiger partial charge in [0.1, 0.15) is 0 Å². The summed E-state index contributed by atoms with van der Waals surface area (Å²) in [5, 5.41) is 7.18. The summed E-state index contributed by atoms with van der Waals surface area (Å²) in [6, 6.07) is 16.9. The van der Waals surface area contributed by atoms with E-state index in [-0.39, 0.29) is 18.2 Å². The van der Waals surface area contributed by atoms with E-state index in [2.05, 4.69) is 20.8 Å². The fraction of sp³-hybridized carbons (Fsp3) is 0.120. The van der Waals surface area contributed by atoms with Crippen LogP contribution in [0, 0.1) is 13.8 Å². The number of aryl methyl sites for hydroxylation is 1. The van der Waals surface area contributed by atoms with Crippen molar-refractivity contribution in [1.82, 2.24) is 14.8 Å². The number of benzene rings is 1. The van der Waals surface area contributed by atoms with Crippen molar-refractivity contribution in [2.75, 3.05) is 11.9 Å². The Hall–Kier alpha value is -4.26. The van der Waals surface area contributed by atoms with Gasteiger partial charge in [-0.25, -0.2) is 5.43 Å². The highest BCUT2D eigenvalue weighted by molar-refractivity contribution is 6.11. The van der Waals surface area contributed by atoms with Gasteiger partial charge >= 0.3 is 0 Å². The second-order valence-corrected chi connectivity index (χ2v) is 7.42. The minimum absolute atomic E-state index is 0.0989. The molecule has 0 spiro atoms. The molecule has 0 atom stereocenters. The minimum atomic E-state index is -0.268. The number of fused-ring (bicyclic) bond motifs is 1. The molecule has 0 radical (unpaired) electrons. The van der Waals surface area contributed by atoms with Crippen LogP contribution >= 0.6 is 0 Å². The molecule has 3 heterocycles. The summed E-state index contributed by atoms with van der Waals surface area (Å²) in [5.74, 6) is -0.367. The molecule has 0 aliphatic carbocycles. The summed E-state index contributed by atoms with van der Waals surface area (Å²) in [4.78, 5) is 29.3. The number of hydrogen-bond donors (Lipinski definition) is 2. The van der Waals surface area contributed by atoms with Crippen LogP contribution in [0.5, 0.6) is 0 Å². The van der Waals surface area contributed by atoms with Crippen molar-refractivity contribution in [3.05, 3.63) is 101 Å². The molecule has 0 aliphatic heterocycles. The third kappa shape index (κ3) is 4.41. The van der Waals surface area contributed by atoms with Crippen LogP contribution in [0.3, 0.4) is 0 Å². The molecule has 0 unspecified atom stereocenters. The maximum Gasteiger partial charge on any atom is 0.259 e. The van der Waals surface area contributed by atoms with Gasteiger partial charge in [-0.3, -0.25) is 14.6 Å². The Morgan fingerprint density at radius 2 is 1.78 bits per heavy atom. The molecule has 3 aromatic heterocycles. The average molecular weight is 425 g/mol. The van der Waals surface area contributed by atoms with E-state index >= 15 is 0 Å². The molecule has 0 fully saturated rings. The number of nitrogens with one attached hydrogen (secondary N) is 2. The largest absolute Gasteiger partial charge is 0.376 e. The van der Waals surface area contributed by atoms with Crippen molar-refractivity contribution >= 4 is 29.1 Å². The molecule has 1 amide bonds. The smallest absolute Gasteiger partial charge is 0.259 e. The average Bonchev–Trinajstić information content (AvgIpc) is 3.10. The first-order valence-electron chi connectivity index (χ1n) is 10.2. The van der Waals surface area contributed by atoms with Crippen LogP contribution in [0.4, 0.5) is 5.69 Å². The van der Waals surface area contributed by atoms with Gasteiger partial charge in [0.15, 0.2) is 0 Å². The van der Waals surface area contributed by atoms with E-state index in [0.29, 0.717) is 11.3 Å². The number of hydrogen-bond acceptors (Lipinski definition) is 5. The van der Waals surface area contributed by atoms with Gasteiger partial charge in [-0.1, -0.05) is 23.8 Å². The van der Waals surface area contributed by atoms with Crippen LogP contribution in [0.15, 0.2) is 78.3 Å². The Bertz CT molecular complexity index is 1290. The summed E-state index contributed by atoms with van der Waals surface area (Å²) < 4.78 is 1.85. The molecular weight excluding hydrogens is 402 g/mol. The number of hydrazone groups is 1. The van der Waals surface area contributed by atoms with Gasteiger partial charge in [0, 0.05) is 35.4 Å². The first kappa shape index (κ1) is 21.0. The molecule has 160 valence electrons. The first-order valence-corrected chi connectivity index (χ1v) is 10.2. The van der Waals surface area contributed by atoms with Crippen LogP contribution in [0.1, 0.15) is 32.7 Å². The number of rotatable bonds is 7. The van der Waals surface area contributed by atoms with Crippen molar-refractivity contribution in [2.45, 2.75) is 13.8 Å². The topological polar surface area (TPSA) is 87.9 Å². The van der Waals surface area contributed by atoms with E-state index in [9.17, 15) is 9.59 Å². The summed E-state index contributed by atoms with van der Waals surface area (Å²) in [6.45, 7) is 3.99. The Labute approximate surface area is 185 Å². The number of nitrogens with zero attached hydrogens (tertiary/aromatic N) is 3. The molecule has 4 aromatic rings. The van der Waals surface area contributed by atoms with Crippen LogP contribution < -0.4 is 10.7 Å². The maximum absolute atomic E-state index is 13.1. The number of carbonyl (C=O) groups is 2. The second-order valence-electron chi connectivity index (χ2n) is 7.42. The Kier molecular flexibility index (Phi) is 6.07. The number of ketones is 1. The lowest BCUT2D eigenvalue weighted by Gasteiger charge is -2.05. The van der Waals surface area contributed by atoms with Crippen molar-refractivity contribution in [3.8, 4) is 0 Å². The molecule has 0 saturated carbocycles. The zero-order valence-electron chi connectivity index (χ0n) is 17.9. The Morgan fingerprint density at radius 3 is 2.53 bits per heavy atom. The maximum atomic E-state index is 13.1. The van der Waals surface area contributed by atoms with Crippen LogP contribution in [-0.4, -0.2) is 33.8 Å². The monoisotopic (exact) mass is 425 g/mol. The quantitative estimate of drug-likeness (QED) is 0.268. The van der Waals surface area contributed by atoms with Gasteiger partial charge in [-0.05, 0) is 55.8 Å². The SMILES string of the molecule is Cc1ccc(NCC(=O)NN=Cc2c(C)c(C(=O)c3ccncc3)n3ccccc23)cc1. The highest BCUT2D eigenvalue weighted by atomic mass is 16.2. The predicted octanol–water partition coefficient (Wildman–Crippen LogP) is 3.74. The summed E-state index contributed by atoms with van der Waals surface area (Å²) in [5.41, 5.74) is 8.07. The first-order chi connectivity index (χ1) is 15.5. The van der Waals surface area contributed by atoms with E-state index in [1.165, 1.54) is 0 Å². The Balaban J connectivity index is 1.52. The third-order valence-corrected chi connectivity index (χ3v) is 5.18. The van der Waals surface area contributed by atoms with E-state index in [0.717, 1.165) is 27.9 Å². The van der Waals surface area contributed by atoms with Crippen molar-refractivity contribution in [2.24, 2.45) is 5.10 Å². The van der Waals surface area contributed by atoms with Gasteiger partial charge in [0.05, 0.1) is 24.0 Å². The lowest BCUT2D eigenvalue weighted by atomic mass is 10.1. The highest BCUT2D eigenvalue weighted by Crippen LogP contribution is 2.24. The lowest BCUT2D eigenvalue weighted by Crippen LogP contribution is -2.25. The standard InChI is InChI=1S/C25H23N5O2/c1-17-6-8-20(9-7-17)27-16-23(31)29-28-15-21-18(2)24(30-14-4-3-5-22(21)30)25(32)19-10-12-26-13-11-19/h3-15,27H,16H2,1-2H3,(H,29,31). The van der Waals surface area contributed by atoms with Crippen LogP contribution in [0.25, 0.3) is 5.52 Å². The molecule has 7 heteroatoms. The van der Waals surface area contributed by atoms with E-state index in [1.807, 2.05) is 66.9 Å². The number of anilines is 1. The lowest BCUT2D eigenvalue weighted by molar-refractivity contribution is -0.119. The Morgan fingerprint density at radius 1 is 1.03 bits per heavy atom. The molecule has 1 aromatic carbocycles. The number of aromatic nitrogens is 2. The molecular formula is C25H23N5O2. The second kappa shape index (κ2) is 9.26. The molecule has 0 bridgehead atoms. The minimum Gasteiger partial charge on any atom is -0.376 e. The molecule has 32 heavy (non-hydrogen) atoms. The zero-order valence-corrected chi connectivity index (χ0v) is 17.9. The zero-order chi connectivity index (χ0) is 22.5. The van der Waals surface area contributed by atoms with Gasteiger partial charge in [-0.2, -0.15) is 5.10 Å². The van der Waals surface area contributed by atoms with E-state index < -0.39 is 0 Å². The molecule has 7 nitrogen and oxygen atoms in total. The van der Waals surface area contributed by atoms with E-state index in [4.69, 9.17) is 0 Å². The number of pyridine rings is 2. The fourth-order valence-electron chi connectivity index (χ4n) is 3.50. The van der Waals surface area contributed by atoms with Crippen LogP contribution in [0.2, 0.25) is 0 Å². The summed E-state index contributed by atoms with van der Waals surface area (Å²) >= 11 is 0. The summed E-state index contributed by atoms with van der Waals surface area (Å²) in [7, 11) is 0. The predicted molar refractivity (Wildman–Crippen MR) is 125 cm³/mol.